The summed E-state index contributed by atoms with van der Waals surface area (Å²) in [5, 5.41) is 2.47. The Morgan fingerprint density at radius 3 is 2.44 bits per heavy atom. The molecule has 1 aromatic rings. The van der Waals surface area contributed by atoms with E-state index < -0.39 is 22.6 Å². The molecule has 1 atom stereocenters. The number of hydrogen-bond donors (Lipinski definition) is 1. The summed E-state index contributed by atoms with van der Waals surface area (Å²) in [7, 11) is 0. The Bertz CT molecular complexity index is 428. The van der Waals surface area contributed by atoms with E-state index >= 15 is 0 Å². The molecule has 1 heterocycles. The molecule has 18 heavy (non-hydrogen) atoms. The Hall–Kier alpha value is -0.520. The molecule has 0 radical (unpaired) electrons. The Labute approximate surface area is 113 Å². The minimum Gasteiger partial charge on any atom is -0.310 e. The maximum atomic E-state index is 13.7. The summed E-state index contributed by atoms with van der Waals surface area (Å²) in [4.78, 5) is 0. The first-order valence-electron chi connectivity index (χ1n) is 5.19. The summed E-state index contributed by atoms with van der Waals surface area (Å²) in [5.74, 6) is -0.765. The minimum absolute atomic E-state index is 0. The number of halogens is 6. The third-order valence-corrected chi connectivity index (χ3v) is 3.09. The second-order valence-electron chi connectivity index (χ2n) is 4.01. The number of hydrogen-bond acceptors (Lipinski definition) is 1. The lowest BCUT2D eigenvalue weighted by Crippen LogP contribution is -2.16. The van der Waals surface area contributed by atoms with Crippen LogP contribution in [0.2, 0.25) is 5.02 Å². The van der Waals surface area contributed by atoms with Crippen LogP contribution in [0.15, 0.2) is 12.1 Å². The molecule has 2 rings (SSSR count). The van der Waals surface area contributed by atoms with E-state index in [0.29, 0.717) is 19.0 Å². The van der Waals surface area contributed by atoms with E-state index in [-0.39, 0.29) is 24.0 Å². The van der Waals surface area contributed by atoms with Gasteiger partial charge in [0.15, 0.2) is 0 Å². The molecule has 0 saturated carbocycles. The molecule has 1 nitrogen and oxygen atoms in total. The van der Waals surface area contributed by atoms with Gasteiger partial charge in [0.05, 0.1) is 10.6 Å². The largest absolute Gasteiger partial charge is 0.416 e. The van der Waals surface area contributed by atoms with Crippen LogP contribution in [-0.2, 0) is 6.18 Å². The van der Waals surface area contributed by atoms with Crippen molar-refractivity contribution in [3.8, 4) is 0 Å². The van der Waals surface area contributed by atoms with Crippen LogP contribution in [0.5, 0.6) is 0 Å². The first-order chi connectivity index (χ1) is 7.89. The average Bonchev–Trinajstić information content (AvgIpc) is 2.73. The van der Waals surface area contributed by atoms with Crippen LogP contribution in [0, 0.1) is 5.82 Å². The Balaban J connectivity index is 0.00000162. The molecule has 0 aromatic heterocycles. The van der Waals surface area contributed by atoms with Gasteiger partial charge in [-0.15, -0.1) is 12.4 Å². The molecule has 0 spiro atoms. The van der Waals surface area contributed by atoms with Crippen molar-refractivity contribution < 1.29 is 17.6 Å². The summed E-state index contributed by atoms with van der Waals surface area (Å²) in [5.41, 5.74) is -0.907. The lowest BCUT2D eigenvalue weighted by atomic mass is 10.0. The first-order valence-corrected chi connectivity index (χ1v) is 5.57. The molecule has 0 bridgehead atoms. The van der Waals surface area contributed by atoms with Crippen molar-refractivity contribution in [2.45, 2.75) is 25.1 Å². The zero-order chi connectivity index (χ0) is 12.6. The Kier molecular flexibility index (Phi) is 4.86. The monoisotopic (exact) mass is 303 g/mol. The molecule has 1 aliphatic heterocycles. The van der Waals surface area contributed by atoms with E-state index in [1.54, 1.807) is 0 Å². The van der Waals surface area contributed by atoms with Crippen molar-refractivity contribution in [1.29, 1.82) is 0 Å². The Morgan fingerprint density at radius 2 is 1.94 bits per heavy atom. The van der Waals surface area contributed by atoms with Gasteiger partial charge in [-0.1, -0.05) is 11.6 Å². The van der Waals surface area contributed by atoms with Crippen LogP contribution in [0.3, 0.4) is 0 Å². The SMILES string of the molecule is Cl.Fc1c(Cl)cc(C(F)(F)F)cc1[C@@H]1CCCN1. The van der Waals surface area contributed by atoms with Gasteiger partial charge in [0, 0.05) is 11.6 Å². The first kappa shape index (κ1) is 15.5. The predicted molar refractivity (Wildman–Crippen MR) is 63.6 cm³/mol. The standard InChI is InChI=1S/C11H10ClF4N.ClH/c12-8-5-6(11(14,15)16)4-7(10(8)13)9-2-1-3-17-9;/h4-5,9,17H,1-3H2;1H/t9-;/m0./s1. The second kappa shape index (κ2) is 5.63. The van der Waals surface area contributed by atoms with E-state index in [1.807, 2.05) is 0 Å². The second-order valence-corrected chi connectivity index (χ2v) is 4.42. The fourth-order valence-corrected chi connectivity index (χ4v) is 2.20. The van der Waals surface area contributed by atoms with Crippen molar-refractivity contribution in [3.05, 3.63) is 34.1 Å². The summed E-state index contributed by atoms with van der Waals surface area (Å²) in [6.07, 6.45) is -3.07. The molecule has 102 valence electrons. The smallest absolute Gasteiger partial charge is 0.310 e. The number of rotatable bonds is 1. The van der Waals surface area contributed by atoms with Crippen molar-refractivity contribution in [2.75, 3.05) is 6.54 Å². The normalized spacial score (nSPS) is 19.7. The third-order valence-electron chi connectivity index (χ3n) is 2.82. The highest BCUT2D eigenvalue weighted by atomic mass is 35.5. The van der Waals surface area contributed by atoms with Crippen LogP contribution in [0.25, 0.3) is 0 Å². The molecule has 1 aromatic carbocycles. The van der Waals surface area contributed by atoms with Crippen LogP contribution in [0.4, 0.5) is 17.6 Å². The van der Waals surface area contributed by atoms with Crippen LogP contribution in [-0.4, -0.2) is 6.54 Å². The number of alkyl halides is 3. The van der Waals surface area contributed by atoms with Crippen LogP contribution < -0.4 is 5.32 Å². The number of benzene rings is 1. The van der Waals surface area contributed by atoms with Gasteiger partial charge in [0.2, 0.25) is 0 Å². The quantitative estimate of drug-likeness (QED) is 0.761. The van der Waals surface area contributed by atoms with Gasteiger partial charge in [0.1, 0.15) is 5.82 Å². The van der Waals surface area contributed by atoms with Crippen molar-refractivity contribution >= 4 is 24.0 Å². The summed E-state index contributed by atoms with van der Waals surface area (Å²) >= 11 is 5.50. The number of nitrogens with one attached hydrogen (secondary N) is 1. The zero-order valence-electron chi connectivity index (χ0n) is 9.15. The fourth-order valence-electron chi connectivity index (χ4n) is 1.98. The lowest BCUT2D eigenvalue weighted by molar-refractivity contribution is -0.137. The highest BCUT2D eigenvalue weighted by Crippen LogP contribution is 2.36. The van der Waals surface area contributed by atoms with E-state index in [2.05, 4.69) is 5.32 Å². The fraction of sp³-hybridized carbons (Fsp3) is 0.455. The molecule has 1 N–H and O–H groups in total. The van der Waals surface area contributed by atoms with Gasteiger partial charge in [-0.3, -0.25) is 0 Å². The molecule has 1 aliphatic rings. The van der Waals surface area contributed by atoms with Gasteiger partial charge < -0.3 is 5.32 Å². The van der Waals surface area contributed by atoms with E-state index in [4.69, 9.17) is 11.6 Å². The summed E-state index contributed by atoms with van der Waals surface area (Å²) in [6.45, 7) is 0.679. The van der Waals surface area contributed by atoms with Gasteiger partial charge in [0.25, 0.3) is 0 Å². The minimum atomic E-state index is -4.51. The molecule has 0 amide bonds. The summed E-state index contributed by atoms with van der Waals surface area (Å²) < 4.78 is 51.4. The highest BCUT2D eigenvalue weighted by molar-refractivity contribution is 6.30. The third kappa shape index (κ3) is 3.08. The van der Waals surface area contributed by atoms with E-state index in [9.17, 15) is 17.6 Å². The molecule has 1 fully saturated rings. The predicted octanol–water partition coefficient (Wildman–Crippen LogP) is 4.34. The topological polar surface area (TPSA) is 12.0 Å². The Morgan fingerprint density at radius 1 is 1.28 bits per heavy atom. The molecule has 1 saturated heterocycles. The van der Waals surface area contributed by atoms with Crippen molar-refractivity contribution in [1.82, 2.24) is 5.32 Å². The van der Waals surface area contributed by atoms with Gasteiger partial charge in [-0.2, -0.15) is 13.2 Å². The molecular formula is C11H11Cl2F4N. The van der Waals surface area contributed by atoms with Gasteiger partial charge >= 0.3 is 6.18 Å². The maximum absolute atomic E-state index is 13.7. The lowest BCUT2D eigenvalue weighted by Gasteiger charge is -2.16. The zero-order valence-corrected chi connectivity index (χ0v) is 10.7. The molecule has 0 aliphatic carbocycles. The molecular weight excluding hydrogens is 293 g/mol. The van der Waals surface area contributed by atoms with E-state index in [1.165, 1.54) is 0 Å². The van der Waals surface area contributed by atoms with Crippen LogP contribution in [0.1, 0.15) is 30.0 Å². The van der Waals surface area contributed by atoms with Gasteiger partial charge in [-0.25, -0.2) is 4.39 Å². The van der Waals surface area contributed by atoms with Gasteiger partial charge in [-0.05, 0) is 31.5 Å². The van der Waals surface area contributed by atoms with Crippen molar-refractivity contribution in [2.24, 2.45) is 0 Å². The molecule has 0 unspecified atom stereocenters. The maximum Gasteiger partial charge on any atom is 0.416 e. The van der Waals surface area contributed by atoms with E-state index in [0.717, 1.165) is 12.5 Å². The summed E-state index contributed by atoms with van der Waals surface area (Å²) in [6, 6.07) is 1.08. The highest BCUT2D eigenvalue weighted by Gasteiger charge is 2.33. The molecule has 7 heteroatoms. The average molecular weight is 304 g/mol. The van der Waals surface area contributed by atoms with Crippen molar-refractivity contribution in [3.63, 3.8) is 0 Å². The van der Waals surface area contributed by atoms with Crippen LogP contribution >= 0.6 is 24.0 Å².